The van der Waals surface area contributed by atoms with Crippen LogP contribution in [0, 0.1) is 0 Å². The maximum absolute atomic E-state index is 12.0. The summed E-state index contributed by atoms with van der Waals surface area (Å²) in [6.07, 6.45) is -4.54. The highest BCUT2D eigenvalue weighted by atomic mass is 32.2. The van der Waals surface area contributed by atoms with Crippen molar-refractivity contribution in [3.63, 3.8) is 0 Å². The van der Waals surface area contributed by atoms with E-state index in [-0.39, 0.29) is 5.75 Å². The Labute approximate surface area is 149 Å². The van der Waals surface area contributed by atoms with Crippen LogP contribution in [-0.2, 0) is 11.3 Å². The number of thioether (sulfide) groups is 1. The summed E-state index contributed by atoms with van der Waals surface area (Å²) in [6.45, 7) is 0.971. The number of aromatic nitrogens is 3. The SMILES string of the molecule is CCn1c(SCC(=O)NC(=O)NCC(F)(F)F)nnc1-c1cccs1. The summed E-state index contributed by atoms with van der Waals surface area (Å²) in [5.74, 6) is -0.238. The molecule has 2 heterocycles. The fraction of sp³-hybridized carbons (Fsp3) is 0.385. The molecule has 0 aliphatic carbocycles. The van der Waals surface area contributed by atoms with Gasteiger partial charge in [-0.05, 0) is 18.4 Å². The topological polar surface area (TPSA) is 88.9 Å². The number of rotatable bonds is 6. The van der Waals surface area contributed by atoms with Gasteiger partial charge in [0, 0.05) is 6.54 Å². The van der Waals surface area contributed by atoms with E-state index in [1.165, 1.54) is 11.3 Å². The van der Waals surface area contributed by atoms with Crippen LogP contribution in [0.15, 0.2) is 22.7 Å². The van der Waals surface area contributed by atoms with Crippen molar-refractivity contribution in [3.8, 4) is 10.7 Å². The zero-order chi connectivity index (χ0) is 18.4. The number of imide groups is 1. The van der Waals surface area contributed by atoms with Crippen LogP contribution in [-0.4, -0.2) is 45.2 Å². The Morgan fingerprint density at radius 2 is 2.12 bits per heavy atom. The fourth-order valence-corrected chi connectivity index (χ4v) is 3.31. The van der Waals surface area contributed by atoms with Gasteiger partial charge in [-0.2, -0.15) is 13.2 Å². The van der Waals surface area contributed by atoms with Gasteiger partial charge < -0.3 is 9.88 Å². The molecule has 0 radical (unpaired) electrons. The Balaban J connectivity index is 1.89. The van der Waals surface area contributed by atoms with E-state index in [4.69, 9.17) is 0 Å². The fourth-order valence-electron chi connectivity index (χ4n) is 1.79. The molecule has 0 aliphatic rings. The van der Waals surface area contributed by atoms with Gasteiger partial charge in [-0.1, -0.05) is 17.8 Å². The maximum Gasteiger partial charge on any atom is 0.405 e. The number of hydrogen-bond donors (Lipinski definition) is 2. The number of nitrogens with zero attached hydrogens (tertiary/aromatic N) is 3. The van der Waals surface area contributed by atoms with Crippen LogP contribution in [0.2, 0.25) is 0 Å². The molecule has 0 saturated carbocycles. The van der Waals surface area contributed by atoms with Crippen molar-refractivity contribution < 1.29 is 22.8 Å². The van der Waals surface area contributed by atoms with Gasteiger partial charge in [0.05, 0.1) is 10.6 Å². The molecular weight excluding hydrogens is 379 g/mol. The number of alkyl halides is 3. The molecule has 0 aromatic carbocycles. The van der Waals surface area contributed by atoms with Crippen LogP contribution in [0.1, 0.15) is 6.92 Å². The van der Waals surface area contributed by atoms with E-state index in [9.17, 15) is 22.8 Å². The lowest BCUT2D eigenvalue weighted by Crippen LogP contribution is -2.43. The van der Waals surface area contributed by atoms with Crippen molar-refractivity contribution >= 4 is 35.0 Å². The largest absolute Gasteiger partial charge is 0.405 e. The molecular formula is C13H14F3N5O2S2. The molecule has 0 atom stereocenters. The molecule has 2 aromatic heterocycles. The minimum Gasteiger partial charge on any atom is -0.329 e. The summed E-state index contributed by atoms with van der Waals surface area (Å²) in [5, 5.41) is 13.9. The maximum atomic E-state index is 12.0. The average molecular weight is 393 g/mol. The molecule has 0 spiro atoms. The van der Waals surface area contributed by atoms with Crippen molar-refractivity contribution in [2.45, 2.75) is 24.8 Å². The Morgan fingerprint density at radius 3 is 2.72 bits per heavy atom. The van der Waals surface area contributed by atoms with E-state index in [0.717, 1.165) is 16.6 Å². The van der Waals surface area contributed by atoms with Gasteiger partial charge in [-0.3, -0.25) is 10.1 Å². The highest BCUT2D eigenvalue weighted by molar-refractivity contribution is 7.99. The number of urea groups is 1. The molecule has 7 nitrogen and oxygen atoms in total. The Morgan fingerprint density at radius 1 is 1.36 bits per heavy atom. The standard InChI is InChI=1S/C13H14F3N5O2S2/c1-2-21-10(8-4-3-5-24-8)19-20-12(21)25-6-9(22)18-11(23)17-7-13(14,15)16/h3-5H,2,6-7H2,1H3,(H2,17,18,22,23). The molecule has 136 valence electrons. The minimum atomic E-state index is -4.54. The van der Waals surface area contributed by atoms with Crippen LogP contribution < -0.4 is 10.6 Å². The predicted molar refractivity (Wildman–Crippen MR) is 87.3 cm³/mol. The summed E-state index contributed by atoms with van der Waals surface area (Å²) in [7, 11) is 0. The second-order valence-electron chi connectivity index (χ2n) is 4.66. The second-order valence-corrected chi connectivity index (χ2v) is 6.55. The minimum absolute atomic E-state index is 0.179. The van der Waals surface area contributed by atoms with E-state index < -0.39 is 24.7 Å². The van der Waals surface area contributed by atoms with Crippen molar-refractivity contribution in [3.05, 3.63) is 17.5 Å². The van der Waals surface area contributed by atoms with Crippen molar-refractivity contribution in [1.29, 1.82) is 0 Å². The number of halogens is 3. The molecule has 2 rings (SSSR count). The van der Waals surface area contributed by atoms with E-state index >= 15 is 0 Å². The monoisotopic (exact) mass is 393 g/mol. The zero-order valence-electron chi connectivity index (χ0n) is 13.0. The first-order chi connectivity index (χ1) is 11.8. The van der Waals surface area contributed by atoms with Gasteiger partial charge in [0.15, 0.2) is 11.0 Å². The van der Waals surface area contributed by atoms with Crippen LogP contribution in [0.25, 0.3) is 10.7 Å². The molecule has 3 amide bonds. The Kier molecular flexibility index (Phi) is 6.42. The van der Waals surface area contributed by atoms with E-state index in [2.05, 4.69) is 10.2 Å². The summed E-state index contributed by atoms with van der Waals surface area (Å²) in [6, 6.07) is 2.58. The number of thiophene rings is 1. The third kappa shape index (κ3) is 5.74. The van der Waals surface area contributed by atoms with Gasteiger partial charge in [-0.25, -0.2) is 4.79 Å². The smallest absolute Gasteiger partial charge is 0.329 e. The Hall–Kier alpha value is -2.08. The number of carbonyl (C=O) groups is 2. The second kappa shape index (κ2) is 8.34. The van der Waals surface area contributed by atoms with Crippen LogP contribution in [0.5, 0.6) is 0 Å². The van der Waals surface area contributed by atoms with E-state index in [1.54, 1.807) is 5.32 Å². The summed E-state index contributed by atoms with van der Waals surface area (Å²) in [5.41, 5.74) is 0. The van der Waals surface area contributed by atoms with Crippen molar-refractivity contribution in [2.75, 3.05) is 12.3 Å². The van der Waals surface area contributed by atoms with Gasteiger partial charge in [0.25, 0.3) is 0 Å². The van der Waals surface area contributed by atoms with Crippen LogP contribution in [0.4, 0.5) is 18.0 Å². The number of hydrogen-bond acceptors (Lipinski definition) is 6. The van der Waals surface area contributed by atoms with E-state index in [0.29, 0.717) is 17.5 Å². The molecule has 0 saturated heterocycles. The third-order valence-corrected chi connectivity index (χ3v) is 4.64. The third-order valence-electron chi connectivity index (χ3n) is 2.81. The van der Waals surface area contributed by atoms with Gasteiger partial charge in [0.1, 0.15) is 6.54 Å². The average Bonchev–Trinajstić information content (AvgIpc) is 3.18. The quantitative estimate of drug-likeness (QED) is 0.736. The predicted octanol–water partition coefficient (Wildman–Crippen LogP) is 2.51. The highest BCUT2D eigenvalue weighted by Gasteiger charge is 2.28. The normalized spacial score (nSPS) is 11.4. The zero-order valence-corrected chi connectivity index (χ0v) is 14.6. The van der Waals surface area contributed by atoms with Crippen LogP contribution >= 0.6 is 23.1 Å². The van der Waals surface area contributed by atoms with E-state index in [1.807, 2.05) is 34.3 Å². The molecule has 12 heteroatoms. The summed E-state index contributed by atoms with van der Waals surface area (Å²) in [4.78, 5) is 23.8. The number of carbonyl (C=O) groups excluding carboxylic acids is 2. The lowest BCUT2D eigenvalue weighted by molar-refractivity contribution is -0.124. The van der Waals surface area contributed by atoms with Gasteiger partial charge in [-0.15, -0.1) is 21.5 Å². The molecule has 25 heavy (non-hydrogen) atoms. The van der Waals surface area contributed by atoms with Crippen molar-refractivity contribution in [2.24, 2.45) is 0 Å². The lowest BCUT2D eigenvalue weighted by Gasteiger charge is -2.09. The molecule has 0 aliphatic heterocycles. The number of nitrogens with one attached hydrogen (secondary N) is 2. The van der Waals surface area contributed by atoms with Gasteiger partial charge >= 0.3 is 12.2 Å². The summed E-state index contributed by atoms with van der Waals surface area (Å²) >= 11 is 2.55. The van der Waals surface area contributed by atoms with Crippen LogP contribution in [0.3, 0.4) is 0 Å². The van der Waals surface area contributed by atoms with Gasteiger partial charge in [0.2, 0.25) is 5.91 Å². The molecule has 0 fully saturated rings. The molecule has 2 N–H and O–H groups in total. The molecule has 0 unspecified atom stereocenters. The first-order valence-corrected chi connectivity index (χ1v) is 8.91. The lowest BCUT2D eigenvalue weighted by atomic mass is 10.4. The first kappa shape index (κ1) is 19.2. The van der Waals surface area contributed by atoms with Crippen molar-refractivity contribution in [1.82, 2.24) is 25.4 Å². The summed E-state index contributed by atoms with van der Waals surface area (Å²) < 4.78 is 37.7. The Bertz CT molecular complexity index is 731. The molecule has 2 aromatic rings. The first-order valence-electron chi connectivity index (χ1n) is 7.04. The highest BCUT2D eigenvalue weighted by Crippen LogP contribution is 2.26. The number of amides is 3. The molecule has 0 bridgehead atoms.